The molecular weight excluding hydrogens is 216 g/mol. The molecule has 1 aromatic rings. The second kappa shape index (κ2) is 7.81. The summed E-state index contributed by atoms with van der Waals surface area (Å²) in [4.78, 5) is 17.5. The van der Waals surface area contributed by atoms with Crippen molar-refractivity contribution < 1.29 is 4.79 Å². The summed E-state index contributed by atoms with van der Waals surface area (Å²) >= 11 is 0. The van der Waals surface area contributed by atoms with Crippen LogP contribution in [0.25, 0.3) is 0 Å². The molecule has 0 aromatic carbocycles. The number of H-pyrrole nitrogens is 1. The summed E-state index contributed by atoms with van der Waals surface area (Å²) in [6.45, 7) is 2.70. The highest BCUT2D eigenvalue weighted by Crippen LogP contribution is 2.07. The Morgan fingerprint density at radius 3 is 2.76 bits per heavy atom. The SMILES string of the molecule is CCCCCCCC(=O)N(C)Cc1ncn[nH]1. The third-order valence-electron chi connectivity index (χ3n) is 2.77. The highest BCUT2D eigenvalue weighted by Gasteiger charge is 2.09. The van der Waals surface area contributed by atoms with Gasteiger partial charge in [-0.05, 0) is 6.42 Å². The van der Waals surface area contributed by atoms with Crippen LogP contribution in [0.1, 0.15) is 51.3 Å². The Morgan fingerprint density at radius 2 is 2.12 bits per heavy atom. The molecule has 1 heterocycles. The molecular formula is C12H22N4O. The van der Waals surface area contributed by atoms with Crippen molar-refractivity contribution in [2.75, 3.05) is 7.05 Å². The maximum absolute atomic E-state index is 11.8. The van der Waals surface area contributed by atoms with Crippen molar-refractivity contribution in [2.24, 2.45) is 0 Å². The lowest BCUT2D eigenvalue weighted by Crippen LogP contribution is -2.26. The lowest BCUT2D eigenvalue weighted by molar-refractivity contribution is -0.130. The second-order valence-corrected chi connectivity index (χ2v) is 4.35. The molecule has 0 radical (unpaired) electrons. The highest BCUT2D eigenvalue weighted by molar-refractivity contribution is 5.75. The Balaban J connectivity index is 2.14. The Hall–Kier alpha value is -1.39. The van der Waals surface area contributed by atoms with Crippen LogP contribution in [-0.4, -0.2) is 33.0 Å². The quantitative estimate of drug-likeness (QED) is 0.706. The summed E-state index contributed by atoms with van der Waals surface area (Å²) in [5.74, 6) is 0.907. The van der Waals surface area contributed by atoms with Crippen LogP contribution < -0.4 is 0 Å². The largest absolute Gasteiger partial charge is 0.338 e. The first-order chi connectivity index (χ1) is 8.24. The minimum atomic E-state index is 0.179. The first-order valence-corrected chi connectivity index (χ1v) is 6.32. The minimum absolute atomic E-state index is 0.179. The number of nitrogens with zero attached hydrogens (tertiary/aromatic N) is 3. The van der Waals surface area contributed by atoms with Gasteiger partial charge in [0.2, 0.25) is 5.91 Å². The van der Waals surface area contributed by atoms with Gasteiger partial charge in [0.15, 0.2) is 0 Å². The monoisotopic (exact) mass is 238 g/mol. The Labute approximate surface area is 103 Å². The number of hydrogen-bond acceptors (Lipinski definition) is 3. The predicted octanol–water partition coefficient (Wildman–Crippen LogP) is 2.12. The fourth-order valence-corrected chi connectivity index (χ4v) is 1.69. The summed E-state index contributed by atoms with van der Waals surface area (Å²) in [6, 6.07) is 0. The van der Waals surface area contributed by atoms with E-state index in [0.717, 1.165) is 18.7 Å². The van der Waals surface area contributed by atoms with Crippen molar-refractivity contribution in [1.29, 1.82) is 0 Å². The van der Waals surface area contributed by atoms with Crippen molar-refractivity contribution in [3.05, 3.63) is 12.2 Å². The normalized spacial score (nSPS) is 10.5. The van der Waals surface area contributed by atoms with Crippen LogP contribution in [0.15, 0.2) is 6.33 Å². The molecule has 0 bridgehead atoms. The van der Waals surface area contributed by atoms with E-state index in [1.165, 1.54) is 25.6 Å². The molecule has 0 aliphatic carbocycles. The summed E-state index contributed by atoms with van der Waals surface area (Å²) in [6.07, 6.45) is 7.96. The first kappa shape index (κ1) is 13.7. The van der Waals surface area contributed by atoms with Crippen LogP contribution in [0.5, 0.6) is 0 Å². The van der Waals surface area contributed by atoms with Crippen LogP contribution in [0.2, 0.25) is 0 Å². The highest BCUT2D eigenvalue weighted by atomic mass is 16.2. The molecule has 0 aliphatic rings. The van der Waals surface area contributed by atoms with Gasteiger partial charge in [0.25, 0.3) is 0 Å². The smallest absolute Gasteiger partial charge is 0.222 e. The number of rotatable bonds is 8. The van der Waals surface area contributed by atoms with E-state index in [2.05, 4.69) is 22.1 Å². The second-order valence-electron chi connectivity index (χ2n) is 4.35. The van der Waals surface area contributed by atoms with Crippen molar-refractivity contribution in [3.63, 3.8) is 0 Å². The van der Waals surface area contributed by atoms with Gasteiger partial charge >= 0.3 is 0 Å². The maximum Gasteiger partial charge on any atom is 0.222 e. The summed E-state index contributed by atoms with van der Waals surface area (Å²) < 4.78 is 0. The van der Waals surface area contributed by atoms with Crippen molar-refractivity contribution in [3.8, 4) is 0 Å². The van der Waals surface area contributed by atoms with Crippen LogP contribution in [0.4, 0.5) is 0 Å². The Bertz CT molecular complexity index is 310. The van der Waals surface area contributed by atoms with E-state index in [1.54, 1.807) is 11.9 Å². The number of carbonyl (C=O) groups is 1. The van der Waals surface area contributed by atoms with E-state index in [4.69, 9.17) is 0 Å². The third-order valence-corrected chi connectivity index (χ3v) is 2.77. The van der Waals surface area contributed by atoms with E-state index in [0.29, 0.717) is 13.0 Å². The molecule has 1 amide bonds. The summed E-state index contributed by atoms with van der Waals surface area (Å²) in [5.41, 5.74) is 0. The van der Waals surface area contributed by atoms with Gasteiger partial charge in [-0.2, -0.15) is 5.10 Å². The zero-order chi connectivity index (χ0) is 12.5. The van der Waals surface area contributed by atoms with Gasteiger partial charge in [0.1, 0.15) is 12.2 Å². The minimum Gasteiger partial charge on any atom is -0.338 e. The van der Waals surface area contributed by atoms with E-state index < -0.39 is 0 Å². The molecule has 0 aliphatic heterocycles. The van der Waals surface area contributed by atoms with Crippen molar-refractivity contribution >= 4 is 5.91 Å². The number of aromatic amines is 1. The van der Waals surface area contributed by atoms with E-state index >= 15 is 0 Å². The van der Waals surface area contributed by atoms with Gasteiger partial charge in [-0.3, -0.25) is 9.89 Å². The number of nitrogens with one attached hydrogen (secondary N) is 1. The summed E-state index contributed by atoms with van der Waals surface area (Å²) in [7, 11) is 1.80. The molecule has 5 heteroatoms. The zero-order valence-corrected chi connectivity index (χ0v) is 10.8. The van der Waals surface area contributed by atoms with E-state index in [1.807, 2.05) is 0 Å². The van der Waals surface area contributed by atoms with Crippen LogP contribution in [0, 0.1) is 0 Å². The topological polar surface area (TPSA) is 61.9 Å². The molecule has 1 rings (SSSR count). The third kappa shape index (κ3) is 5.47. The number of hydrogen-bond donors (Lipinski definition) is 1. The Morgan fingerprint density at radius 1 is 1.35 bits per heavy atom. The van der Waals surface area contributed by atoms with Crippen LogP contribution in [-0.2, 0) is 11.3 Å². The van der Waals surface area contributed by atoms with Gasteiger partial charge in [0.05, 0.1) is 6.54 Å². The number of aromatic nitrogens is 3. The molecule has 0 fully saturated rings. The molecule has 0 saturated heterocycles. The molecule has 5 nitrogen and oxygen atoms in total. The molecule has 0 spiro atoms. The molecule has 96 valence electrons. The van der Waals surface area contributed by atoms with Crippen molar-refractivity contribution in [2.45, 2.75) is 52.0 Å². The van der Waals surface area contributed by atoms with Gasteiger partial charge in [0, 0.05) is 13.5 Å². The number of carbonyl (C=O) groups excluding carboxylic acids is 1. The fourth-order valence-electron chi connectivity index (χ4n) is 1.69. The van der Waals surface area contributed by atoms with Gasteiger partial charge in [-0.15, -0.1) is 0 Å². The van der Waals surface area contributed by atoms with Crippen LogP contribution >= 0.6 is 0 Å². The first-order valence-electron chi connectivity index (χ1n) is 6.32. The number of amides is 1. The molecule has 1 aromatic heterocycles. The lowest BCUT2D eigenvalue weighted by atomic mass is 10.1. The lowest BCUT2D eigenvalue weighted by Gasteiger charge is -2.15. The number of unbranched alkanes of at least 4 members (excludes halogenated alkanes) is 4. The van der Waals surface area contributed by atoms with Crippen LogP contribution in [0.3, 0.4) is 0 Å². The van der Waals surface area contributed by atoms with Crippen molar-refractivity contribution in [1.82, 2.24) is 20.1 Å². The molecule has 0 atom stereocenters. The molecule has 0 saturated carbocycles. The van der Waals surface area contributed by atoms with E-state index in [-0.39, 0.29) is 5.91 Å². The average molecular weight is 238 g/mol. The molecule has 17 heavy (non-hydrogen) atoms. The summed E-state index contributed by atoms with van der Waals surface area (Å²) in [5, 5.41) is 6.51. The fraction of sp³-hybridized carbons (Fsp3) is 0.750. The predicted molar refractivity (Wildman–Crippen MR) is 66.2 cm³/mol. The average Bonchev–Trinajstić information content (AvgIpc) is 2.81. The van der Waals surface area contributed by atoms with E-state index in [9.17, 15) is 4.79 Å². The van der Waals surface area contributed by atoms with Gasteiger partial charge in [-0.1, -0.05) is 32.6 Å². The molecule has 1 N–H and O–H groups in total. The van der Waals surface area contributed by atoms with Gasteiger partial charge < -0.3 is 4.90 Å². The standard InChI is InChI=1S/C12H22N4O/c1-3-4-5-6-7-8-12(17)16(2)9-11-13-10-14-15-11/h10H,3-9H2,1-2H3,(H,13,14,15). The van der Waals surface area contributed by atoms with Gasteiger partial charge in [-0.25, -0.2) is 4.98 Å². The zero-order valence-electron chi connectivity index (χ0n) is 10.8. The molecule has 0 unspecified atom stereocenters. The Kier molecular flexibility index (Phi) is 6.29. The maximum atomic E-state index is 11.8.